The number of aliphatic imine (C=N–C) groups is 2. The van der Waals surface area contributed by atoms with Crippen LogP contribution in [0.5, 0.6) is 0 Å². The normalized spacial score (nSPS) is 24.2. The summed E-state index contributed by atoms with van der Waals surface area (Å²) in [4.78, 5) is 49.8. The number of hydrogen-bond acceptors (Lipinski definition) is 23. The Balaban J connectivity index is 0.00000104. The van der Waals surface area contributed by atoms with Crippen LogP contribution in [0.4, 0.5) is 14.4 Å². The summed E-state index contributed by atoms with van der Waals surface area (Å²) in [7, 11) is 4.99. The number of hydrogen-bond donors (Lipinski definition) is 6. The summed E-state index contributed by atoms with van der Waals surface area (Å²) in [5.41, 5.74) is 12.5. The highest BCUT2D eigenvalue weighted by molar-refractivity contribution is 5.73. The smallest absolute Gasteiger partial charge is 0.412 e. The minimum absolute atomic E-state index is 0.0141. The number of carbonyl (C=O) groups excluding carboxylic acids is 3. The van der Waals surface area contributed by atoms with Gasteiger partial charge in [0.1, 0.15) is 47.2 Å². The van der Waals surface area contributed by atoms with Crippen LogP contribution in [0.2, 0.25) is 0 Å². The van der Waals surface area contributed by atoms with Crippen molar-refractivity contribution in [1.82, 2.24) is 14.7 Å². The molecule has 5 aliphatic heterocycles. The minimum Gasteiger partial charge on any atom is -0.463 e. The highest BCUT2D eigenvalue weighted by atomic mass is 16.6. The lowest BCUT2D eigenvalue weighted by Crippen LogP contribution is -2.50. The fraction of sp³-hybridized carbons (Fsp3) is 0.918. The van der Waals surface area contributed by atoms with Crippen molar-refractivity contribution in [1.29, 1.82) is 0 Å². The molecule has 5 aliphatic rings. The molecule has 12 atom stereocenters. The molecule has 0 aliphatic carbocycles. The topological polar surface area (TPSA) is 335 Å². The molecular weight excluding hydrogens is 1130 g/mol. The molecular formula is C61H122N8O18. The zero-order chi connectivity index (χ0) is 67.6. The molecule has 0 spiro atoms. The Morgan fingerprint density at radius 3 is 1.09 bits per heavy atom. The van der Waals surface area contributed by atoms with Gasteiger partial charge < -0.3 is 89.4 Å². The highest BCUT2D eigenvalue weighted by Gasteiger charge is 2.48. The number of nitrogens with two attached hydrogens (primary N) is 3. The van der Waals surface area contributed by atoms with E-state index in [4.69, 9.17) is 79.1 Å². The van der Waals surface area contributed by atoms with E-state index in [1.807, 2.05) is 138 Å². The Morgan fingerprint density at radius 1 is 0.540 bits per heavy atom. The Kier molecular flexibility index (Phi) is 36.1. The molecule has 5 heterocycles. The van der Waals surface area contributed by atoms with Crippen LogP contribution in [0.25, 0.3) is 0 Å². The summed E-state index contributed by atoms with van der Waals surface area (Å²) in [6.07, 6.45) is 2.80. The van der Waals surface area contributed by atoms with E-state index in [1.54, 1.807) is 49.9 Å². The molecule has 0 aromatic heterocycles. The van der Waals surface area contributed by atoms with Crippen molar-refractivity contribution in [3.05, 3.63) is 0 Å². The number of ether oxygens (including phenoxy) is 12. The van der Waals surface area contributed by atoms with Crippen molar-refractivity contribution in [3.8, 4) is 0 Å². The molecule has 3 amide bonds. The van der Waals surface area contributed by atoms with Gasteiger partial charge in [0.25, 0.3) is 12.0 Å². The van der Waals surface area contributed by atoms with Gasteiger partial charge in [0, 0.05) is 34.0 Å². The first-order valence-electron chi connectivity index (χ1n) is 30.6. The first-order valence-corrected chi connectivity index (χ1v) is 30.6. The SMILES string of the molecule is CCO[C@@H](C)C[C@H]1COC(N)=N1.CO[C@@H](C)C[C@H](N)CO.CO[C@@H](C)C[C@H]1COC(C)(C)N1C(=O)OC(C)(C)C.CO[C@H](C)C[C@H]1COC(N)=N1.C[C@@H](O)C[C@H]1COC(C)(C)N1C(=O)OC(C)(C)C.C[C@H](O)C[C@H]1COC(C)(C)N1C(=O)OC(C)(C)C. The van der Waals surface area contributed by atoms with E-state index >= 15 is 0 Å². The summed E-state index contributed by atoms with van der Waals surface area (Å²) in [5, 5.41) is 27.5. The van der Waals surface area contributed by atoms with Crippen LogP contribution in [0, 0.1) is 0 Å². The molecule has 9 N–H and O–H groups in total. The average molecular weight is 1260 g/mol. The van der Waals surface area contributed by atoms with Crippen LogP contribution >= 0.6 is 0 Å². The van der Waals surface area contributed by atoms with Gasteiger partial charge in [0.15, 0.2) is 0 Å². The number of amides is 3. The third kappa shape index (κ3) is 34.1. The largest absolute Gasteiger partial charge is 0.463 e. The molecule has 0 unspecified atom stereocenters. The summed E-state index contributed by atoms with van der Waals surface area (Å²) >= 11 is 0. The molecule has 0 bridgehead atoms. The molecule has 0 saturated carbocycles. The van der Waals surface area contributed by atoms with Gasteiger partial charge in [-0.05, 0) is 191 Å². The molecule has 87 heavy (non-hydrogen) atoms. The number of methoxy groups -OCH3 is 3. The maximum Gasteiger partial charge on any atom is 0.412 e. The predicted octanol–water partition coefficient (Wildman–Crippen LogP) is 7.41. The minimum atomic E-state index is -0.693. The number of amidine groups is 2. The van der Waals surface area contributed by atoms with Gasteiger partial charge in [-0.25, -0.2) is 24.4 Å². The Bertz CT molecular complexity index is 1960. The van der Waals surface area contributed by atoms with Gasteiger partial charge in [-0.3, -0.25) is 14.7 Å². The van der Waals surface area contributed by atoms with Gasteiger partial charge in [-0.1, -0.05) is 0 Å². The number of rotatable bonds is 18. The second-order valence-corrected chi connectivity index (χ2v) is 27.1. The third-order valence-electron chi connectivity index (χ3n) is 13.5. The summed E-state index contributed by atoms with van der Waals surface area (Å²) in [6.45, 7) is 44.4. The second kappa shape index (κ2) is 37.9. The van der Waals surface area contributed by atoms with Crippen LogP contribution in [-0.4, -0.2) is 235 Å². The van der Waals surface area contributed by atoms with E-state index in [1.165, 1.54) is 0 Å². The zero-order valence-corrected chi connectivity index (χ0v) is 58.1. The molecule has 26 nitrogen and oxygen atoms in total. The molecule has 3 fully saturated rings. The fourth-order valence-corrected chi connectivity index (χ4v) is 9.40. The van der Waals surface area contributed by atoms with Crippen molar-refractivity contribution >= 4 is 30.3 Å². The second-order valence-electron chi connectivity index (χ2n) is 27.1. The van der Waals surface area contributed by atoms with Gasteiger partial charge >= 0.3 is 18.3 Å². The summed E-state index contributed by atoms with van der Waals surface area (Å²) < 4.78 is 63.9. The summed E-state index contributed by atoms with van der Waals surface area (Å²) in [5.74, 6) is 0. The molecule has 0 radical (unpaired) electrons. The van der Waals surface area contributed by atoms with Crippen molar-refractivity contribution in [2.24, 2.45) is 27.2 Å². The molecule has 26 heteroatoms. The van der Waals surface area contributed by atoms with Crippen molar-refractivity contribution in [2.75, 3.05) is 67.6 Å². The predicted molar refractivity (Wildman–Crippen MR) is 335 cm³/mol. The first-order chi connectivity index (χ1) is 39.8. The van der Waals surface area contributed by atoms with E-state index in [0.717, 1.165) is 25.9 Å². The number of nitrogens with zero attached hydrogens (tertiary/aromatic N) is 5. The molecule has 3 saturated heterocycles. The lowest BCUT2D eigenvalue weighted by molar-refractivity contribution is -0.0650. The standard InChI is InChI=1S/C14H27NO4.2C13H25NO4.C8H16N2O2.C7H14N2O2.C6H15NO2/c1-10(17-7)8-11-9-18-14(5,6)15(11)12(16)19-13(2,3)4;2*1-9(15)7-10-8-17-13(5,6)14(10)11(16)18-12(2,3)4;1-3-11-6(2)4-7-5-12-8(9)10-7;1-5(10-2)3-6-4-11-7(8)9-6;1-5(9-2)3-6(7)4-8/h10-11H,8-9H2,1-7H3;2*9-10,15H,7-8H2,1-6H3;6-7H,3-5H2,1-2H3,(H2,9,10);5-6H,3-4H2,1-2H3,(H2,8,9);5-6,8H,3-4,7H2,1-2H3/t10-,11-;9-,10+;9-,10-;6-,7-;5-,6+;5-,6-/m010010/s1. The van der Waals surface area contributed by atoms with Crippen LogP contribution in [0.15, 0.2) is 9.98 Å². The Morgan fingerprint density at radius 2 is 0.839 bits per heavy atom. The maximum atomic E-state index is 12.3. The van der Waals surface area contributed by atoms with Crippen LogP contribution < -0.4 is 17.2 Å². The lowest BCUT2D eigenvalue weighted by atomic mass is 10.1. The summed E-state index contributed by atoms with van der Waals surface area (Å²) in [6, 6.07) is 0.544. The van der Waals surface area contributed by atoms with Crippen LogP contribution in [0.3, 0.4) is 0 Å². The van der Waals surface area contributed by atoms with Crippen LogP contribution in [0.1, 0.15) is 191 Å². The molecule has 5 rings (SSSR count). The van der Waals surface area contributed by atoms with Crippen LogP contribution in [-0.2, 0) is 56.8 Å². The zero-order valence-electron chi connectivity index (χ0n) is 58.1. The van der Waals surface area contributed by atoms with Crippen molar-refractivity contribution in [3.63, 3.8) is 0 Å². The monoisotopic (exact) mass is 1250 g/mol. The van der Waals surface area contributed by atoms with Gasteiger partial charge in [0.2, 0.25) is 0 Å². The maximum absolute atomic E-state index is 12.3. The van der Waals surface area contributed by atoms with E-state index in [0.29, 0.717) is 64.3 Å². The van der Waals surface area contributed by atoms with E-state index < -0.39 is 58.4 Å². The molecule has 514 valence electrons. The van der Waals surface area contributed by atoms with E-state index in [9.17, 15) is 24.6 Å². The van der Waals surface area contributed by atoms with E-state index in [-0.39, 0.29) is 73.4 Å². The number of aliphatic hydroxyl groups is 3. The van der Waals surface area contributed by atoms with Crippen molar-refractivity contribution < 1.29 is 86.5 Å². The average Bonchev–Trinajstić information content (AvgIpc) is 1.84. The van der Waals surface area contributed by atoms with Gasteiger partial charge in [-0.15, -0.1) is 0 Å². The highest BCUT2D eigenvalue weighted by Crippen LogP contribution is 2.34. The lowest BCUT2D eigenvalue weighted by Gasteiger charge is -2.35. The quantitative estimate of drug-likeness (QED) is 0.0727. The fourth-order valence-electron chi connectivity index (χ4n) is 9.40. The molecule has 0 aromatic rings. The van der Waals surface area contributed by atoms with E-state index in [2.05, 4.69) is 9.98 Å². The number of carbonyl (C=O) groups is 3. The van der Waals surface area contributed by atoms with Gasteiger partial charge in [0.05, 0.1) is 93.3 Å². The first kappa shape index (κ1) is 82.9. The number of aliphatic hydroxyl groups excluding tert-OH is 3. The third-order valence-corrected chi connectivity index (χ3v) is 13.5. The Labute approximate surface area is 522 Å². The molecule has 0 aromatic carbocycles. The van der Waals surface area contributed by atoms with Crippen molar-refractivity contribution in [2.45, 2.75) is 298 Å². The van der Waals surface area contributed by atoms with Gasteiger partial charge in [-0.2, -0.15) is 0 Å². The Hall–Kier alpha value is -4.09.